The second kappa shape index (κ2) is 4.38. The molecular formula is C14H13N5O. The van der Waals surface area contributed by atoms with Crippen LogP contribution in [0.3, 0.4) is 0 Å². The summed E-state index contributed by atoms with van der Waals surface area (Å²) in [5, 5.41) is 8.99. The number of benzene rings is 1. The van der Waals surface area contributed by atoms with Crippen molar-refractivity contribution in [2.24, 2.45) is 16.5 Å². The second-order valence-electron chi connectivity index (χ2n) is 4.74. The first-order chi connectivity index (χ1) is 9.63. The van der Waals surface area contributed by atoms with E-state index >= 15 is 0 Å². The van der Waals surface area contributed by atoms with Gasteiger partial charge >= 0.3 is 0 Å². The van der Waals surface area contributed by atoms with E-state index in [2.05, 4.69) is 11.1 Å². The zero-order valence-electron chi connectivity index (χ0n) is 10.7. The molecular weight excluding hydrogens is 254 g/mol. The number of nitriles is 1. The van der Waals surface area contributed by atoms with E-state index in [4.69, 9.17) is 16.7 Å². The summed E-state index contributed by atoms with van der Waals surface area (Å²) in [6.07, 6.45) is 1.47. The first-order valence-electron chi connectivity index (χ1n) is 6.21. The molecule has 0 radical (unpaired) electrons. The lowest BCUT2D eigenvalue weighted by Crippen LogP contribution is -2.39. The number of hydrogen-bond acceptors (Lipinski definition) is 5. The van der Waals surface area contributed by atoms with Crippen LogP contribution < -0.4 is 16.4 Å². The molecule has 2 heterocycles. The largest absolute Gasteiger partial charge is 0.383 e. The molecule has 0 aliphatic carbocycles. The first-order valence-corrected chi connectivity index (χ1v) is 6.21. The minimum absolute atomic E-state index is 0.102. The monoisotopic (exact) mass is 267 g/mol. The van der Waals surface area contributed by atoms with Crippen molar-refractivity contribution in [3.8, 4) is 6.07 Å². The molecule has 0 fully saturated rings. The van der Waals surface area contributed by atoms with Gasteiger partial charge in [-0.15, -0.1) is 0 Å². The molecule has 0 saturated carbocycles. The average molecular weight is 267 g/mol. The summed E-state index contributed by atoms with van der Waals surface area (Å²) in [6, 6.07) is 9.87. The highest BCUT2D eigenvalue weighted by molar-refractivity contribution is 6.20. The predicted molar refractivity (Wildman–Crippen MR) is 74.8 cm³/mol. The van der Waals surface area contributed by atoms with E-state index in [1.54, 1.807) is 6.08 Å². The van der Waals surface area contributed by atoms with Crippen LogP contribution in [-0.4, -0.2) is 24.5 Å². The molecule has 100 valence electrons. The molecule has 2 unspecified atom stereocenters. The Morgan fingerprint density at radius 3 is 2.90 bits per heavy atom. The van der Waals surface area contributed by atoms with E-state index in [1.165, 1.54) is 0 Å². The molecule has 3 rings (SSSR count). The molecule has 20 heavy (non-hydrogen) atoms. The number of nitrogens with zero attached hydrogens (tertiary/aromatic N) is 3. The number of aliphatic imine (C=N–C) groups is 1. The third kappa shape index (κ3) is 1.64. The number of para-hydroxylation sites is 1. The van der Waals surface area contributed by atoms with Gasteiger partial charge in [-0.05, 0) is 11.6 Å². The van der Waals surface area contributed by atoms with Gasteiger partial charge < -0.3 is 16.4 Å². The van der Waals surface area contributed by atoms with Crippen LogP contribution in [0.15, 0.2) is 40.9 Å². The summed E-state index contributed by atoms with van der Waals surface area (Å²) < 4.78 is 0. The summed E-state index contributed by atoms with van der Waals surface area (Å²) in [4.78, 5) is 17.7. The third-order valence-corrected chi connectivity index (χ3v) is 3.65. The van der Waals surface area contributed by atoms with Crippen molar-refractivity contribution in [3.63, 3.8) is 0 Å². The van der Waals surface area contributed by atoms with E-state index in [-0.39, 0.29) is 30.0 Å². The van der Waals surface area contributed by atoms with Crippen molar-refractivity contribution in [2.75, 3.05) is 11.4 Å². The number of hydrogen-bond donors (Lipinski definition) is 2. The smallest absolute Gasteiger partial charge is 0.252 e. The summed E-state index contributed by atoms with van der Waals surface area (Å²) in [5.74, 6) is -0.551. The Hall–Kier alpha value is -2.81. The minimum atomic E-state index is -0.582. The van der Waals surface area contributed by atoms with Gasteiger partial charge in [-0.25, -0.2) is 4.99 Å². The zero-order valence-corrected chi connectivity index (χ0v) is 10.7. The Morgan fingerprint density at radius 2 is 2.20 bits per heavy atom. The quantitative estimate of drug-likeness (QED) is 0.747. The van der Waals surface area contributed by atoms with Gasteiger partial charge in [-0.2, -0.15) is 5.26 Å². The standard InChI is InChI=1S/C14H13N5O/c15-5-6-19-11-4-2-1-3-8(11)9-7-10(13(17)20)12(16)18-14(9)19/h1-4,7,9,14H,6H2,(H2,16,18)(H2,17,20). The van der Waals surface area contributed by atoms with Gasteiger partial charge in [0.2, 0.25) is 0 Å². The Kier molecular flexibility index (Phi) is 2.68. The number of dihydropyridines is 1. The molecule has 0 spiro atoms. The summed E-state index contributed by atoms with van der Waals surface area (Å²) in [7, 11) is 0. The Balaban J connectivity index is 2.13. The van der Waals surface area contributed by atoms with Crippen molar-refractivity contribution in [1.82, 2.24) is 0 Å². The van der Waals surface area contributed by atoms with Crippen LogP contribution >= 0.6 is 0 Å². The lowest BCUT2D eigenvalue weighted by molar-refractivity contribution is -0.114. The molecule has 6 heteroatoms. The minimum Gasteiger partial charge on any atom is -0.383 e. The molecule has 2 atom stereocenters. The topological polar surface area (TPSA) is 108 Å². The first kappa shape index (κ1) is 12.2. The maximum absolute atomic E-state index is 11.4. The molecule has 0 bridgehead atoms. The zero-order chi connectivity index (χ0) is 14.3. The summed E-state index contributed by atoms with van der Waals surface area (Å²) >= 11 is 0. The van der Waals surface area contributed by atoms with Gasteiger partial charge in [0.05, 0.1) is 11.6 Å². The highest BCUT2D eigenvalue weighted by Crippen LogP contribution is 2.43. The third-order valence-electron chi connectivity index (χ3n) is 3.65. The van der Waals surface area contributed by atoms with E-state index < -0.39 is 5.91 Å². The molecule has 1 aromatic carbocycles. The number of amides is 1. The Bertz CT molecular complexity index is 685. The van der Waals surface area contributed by atoms with Crippen molar-refractivity contribution < 1.29 is 4.79 Å². The number of carbonyl (C=O) groups excluding carboxylic acids is 1. The van der Waals surface area contributed by atoms with Crippen molar-refractivity contribution in [3.05, 3.63) is 41.5 Å². The van der Waals surface area contributed by atoms with Crippen LogP contribution in [-0.2, 0) is 4.79 Å². The number of primary amides is 1. The van der Waals surface area contributed by atoms with Crippen LogP contribution in [0.5, 0.6) is 0 Å². The fourth-order valence-corrected chi connectivity index (χ4v) is 2.79. The van der Waals surface area contributed by atoms with Gasteiger partial charge in [-0.3, -0.25) is 4.79 Å². The molecule has 1 amide bonds. The van der Waals surface area contributed by atoms with Crippen LogP contribution in [0.2, 0.25) is 0 Å². The van der Waals surface area contributed by atoms with Crippen LogP contribution in [0.1, 0.15) is 11.5 Å². The molecule has 0 saturated heterocycles. The second-order valence-corrected chi connectivity index (χ2v) is 4.74. The van der Waals surface area contributed by atoms with E-state index in [0.29, 0.717) is 0 Å². The molecule has 0 aromatic heterocycles. The maximum atomic E-state index is 11.4. The van der Waals surface area contributed by atoms with Gasteiger partial charge in [0, 0.05) is 11.6 Å². The Morgan fingerprint density at radius 1 is 1.45 bits per heavy atom. The highest BCUT2D eigenvalue weighted by atomic mass is 16.1. The van der Waals surface area contributed by atoms with Gasteiger partial charge in [0.25, 0.3) is 5.91 Å². The summed E-state index contributed by atoms with van der Waals surface area (Å²) in [6.45, 7) is 0.217. The summed E-state index contributed by atoms with van der Waals surface area (Å²) in [5.41, 5.74) is 13.3. The molecule has 4 N–H and O–H groups in total. The lowest BCUT2D eigenvalue weighted by Gasteiger charge is -2.27. The number of amidine groups is 1. The van der Waals surface area contributed by atoms with Crippen LogP contribution in [0, 0.1) is 11.3 Å². The van der Waals surface area contributed by atoms with Crippen LogP contribution in [0.4, 0.5) is 5.69 Å². The van der Waals surface area contributed by atoms with Crippen LogP contribution in [0.25, 0.3) is 0 Å². The number of anilines is 1. The average Bonchev–Trinajstić information content (AvgIpc) is 2.72. The normalized spacial score (nSPS) is 23.2. The lowest BCUT2D eigenvalue weighted by atomic mass is 9.93. The van der Waals surface area contributed by atoms with Crippen molar-refractivity contribution in [2.45, 2.75) is 12.1 Å². The molecule has 1 aromatic rings. The van der Waals surface area contributed by atoms with E-state index in [1.807, 2.05) is 29.2 Å². The fourth-order valence-electron chi connectivity index (χ4n) is 2.79. The maximum Gasteiger partial charge on any atom is 0.252 e. The number of fused-ring (bicyclic) bond motifs is 3. The highest BCUT2D eigenvalue weighted by Gasteiger charge is 2.40. The number of nitrogens with two attached hydrogens (primary N) is 2. The molecule has 2 aliphatic rings. The van der Waals surface area contributed by atoms with E-state index in [0.717, 1.165) is 11.3 Å². The number of rotatable bonds is 2. The van der Waals surface area contributed by atoms with Crippen molar-refractivity contribution in [1.29, 1.82) is 5.26 Å². The van der Waals surface area contributed by atoms with Gasteiger partial charge in [0.1, 0.15) is 18.5 Å². The molecule has 6 nitrogen and oxygen atoms in total. The SMILES string of the molecule is N#CCN1c2ccccc2C2C=C(C(N)=O)C(N)=NC21. The van der Waals surface area contributed by atoms with Crippen molar-refractivity contribution >= 4 is 17.4 Å². The number of carbonyl (C=O) groups is 1. The Labute approximate surface area is 116 Å². The predicted octanol–water partition coefficient (Wildman–Crippen LogP) is 0.222. The molecule has 2 aliphatic heterocycles. The van der Waals surface area contributed by atoms with Gasteiger partial charge in [-0.1, -0.05) is 24.3 Å². The van der Waals surface area contributed by atoms with Gasteiger partial charge in [0.15, 0.2) is 0 Å². The van der Waals surface area contributed by atoms with E-state index in [9.17, 15) is 4.79 Å². The fraction of sp³-hybridized carbons (Fsp3) is 0.214.